The molecule has 1 aromatic rings. The maximum Gasteiger partial charge on any atom is 0.416 e. The minimum Gasteiger partial charge on any atom is -0.428 e. The van der Waals surface area contributed by atoms with Crippen molar-refractivity contribution in [3.8, 4) is 0 Å². The van der Waals surface area contributed by atoms with Crippen molar-refractivity contribution < 1.29 is 52.6 Å². The minimum atomic E-state index is -1.01. The molecule has 2 aliphatic rings. The summed E-state index contributed by atoms with van der Waals surface area (Å²) in [5.41, 5.74) is -0.444. The number of hydrogen-bond donors (Lipinski definition) is 2. The Labute approximate surface area is 248 Å². The van der Waals surface area contributed by atoms with Gasteiger partial charge in [0.25, 0.3) is 11.8 Å². The van der Waals surface area contributed by atoms with Crippen LogP contribution in [0.25, 0.3) is 0 Å². The highest BCUT2D eigenvalue weighted by molar-refractivity contribution is 8.00. The van der Waals surface area contributed by atoms with Crippen molar-refractivity contribution in [3.05, 3.63) is 22.3 Å². The number of aromatic nitrogens is 1. The van der Waals surface area contributed by atoms with Crippen molar-refractivity contribution in [2.24, 2.45) is 10.6 Å². The van der Waals surface area contributed by atoms with Crippen molar-refractivity contribution in [2.45, 2.75) is 46.0 Å². The SMILES string of the molecule is CO/N=C(\C(=O)N[C@@H]1C(=O)N2C(C(=O)OCOC(=O)C(C)(C)C)=C(C)CS[C@H]12)c1csc(NC(=O)OCOC(C)=O)n1. The molecule has 42 heavy (non-hydrogen) atoms. The third-order valence-electron chi connectivity index (χ3n) is 5.44. The van der Waals surface area contributed by atoms with E-state index in [0.29, 0.717) is 11.3 Å². The highest BCUT2D eigenvalue weighted by Crippen LogP contribution is 2.40. The lowest BCUT2D eigenvalue weighted by molar-refractivity contribution is -0.173. The molecule has 3 heterocycles. The number of β-lactam (4-membered cyclic amide) rings is 1. The Morgan fingerprint density at radius 1 is 1.12 bits per heavy atom. The average Bonchev–Trinajstić information content (AvgIpc) is 3.36. The first-order valence-electron chi connectivity index (χ1n) is 12.2. The number of carbonyl (C=O) groups excluding carboxylic acids is 6. The molecule has 1 aromatic heterocycles. The van der Waals surface area contributed by atoms with Crippen LogP contribution in [0.3, 0.4) is 0 Å². The fraction of sp³-hybridized carbons (Fsp3) is 0.500. The van der Waals surface area contributed by atoms with Gasteiger partial charge in [0, 0.05) is 18.1 Å². The highest BCUT2D eigenvalue weighted by atomic mass is 32.2. The Kier molecular flexibility index (Phi) is 10.5. The zero-order chi connectivity index (χ0) is 31.2. The van der Waals surface area contributed by atoms with Crippen LogP contribution in [0.15, 0.2) is 21.8 Å². The minimum absolute atomic E-state index is 0.0163. The summed E-state index contributed by atoms with van der Waals surface area (Å²) >= 11 is 2.27. The molecular weight excluding hydrogens is 598 g/mol. The van der Waals surface area contributed by atoms with E-state index in [1.54, 1.807) is 27.7 Å². The zero-order valence-corrected chi connectivity index (χ0v) is 25.1. The van der Waals surface area contributed by atoms with Crippen molar-refractivity contribution in [1.82, 2.24) is 15.2 Å². The molecule has 1 saturated heterocycles. The summed E-state index contributed by atoms with van der Waals surface area (Å²) in [5.74, 6) is -3.02. The summed E-state index contributed by atoms with van der Waals surface area (Å²) in [7, 11) is 1.21. The molecule has 3 amide bonds. The molecule has 228 valence electrons. The average molecular weight is 628 g/mol. The Balaban J connectivity index is 1.62. The number of anilines is 1. The van der Waals surface area contributed by atoms with Gasteiger partial charge in [-0.15, -0.1) is 23.1 Å². The molecule has 2 N–H and O–H groups in total. The number of rotatable bonds is 10. The summed E-state index contributed by atoms with van der Waals surface area (Å²) in [4.78, 5) is 83.6. The molecule has 0 unspecified atom stereocenters. The topological polar surface area (TPSA) is 201 Å². The van der Waals surface area contributed by atoms with Gasteiger partial charge in [0.15, 0.2) is 10.8 Å². The van der Waals surface area contributed by atoms with Crippen LogP contribution in [0, 0.1) is 5.41 Å². The molecule has 18 heteroatoms. The van der Waals surface area contributed by atoms with Crippen LogP contribution >= 0.6 is 23.1 Å². The number of carbonyl (C=O) groups is 6. The van der Waals surface area contributed by atoms with E-state index >= 15 is 0 Å². The van der Waals surface area contributed by atoms with E-state index in [2.05, 4.69) is 30.2 Å². The number of thioether (sulfide) groups is 1. The first-order chi connectivity index (χ1) is 19.7. The first-order valence-corrected chi connectivity index (χ1v) is 14.1. The van der Waals surface area contributed by atoms with E-state index in [1.807, 2.05) is 0 Å². The molecule has 0 spiro atoms. The summed E-state index contributed by atoms with van der Waals surface area (Å²) in [6, 6.07) is -1.01. The fourth-order valence-electron chi connectivity index (χ4n) is 3.42. The van der Waals surface area contributed by atoms with Gasteiger partial charge in [0.2, 0.25) is 13.6 Å². The van der Waals surface area contributed by atoms with Gasteiger partial charge in [-0.2, -0.15) is 0 Å². The summed E-state index contributed by atoms with van der Waals surface area (Å²) in [6.07, 6.45) is -0.952. The molecule has 16 nitrogen and oxygen atoms in total. The molecule has 0 bridgehead atoms. The van der Waals surface area contributed by atoms with Crippen LogP contribution in [0.1, 0.15) is 40.3 Å². The maximum atomic E-state index is 13.1. The second-order valence-corrected chi connectivity index (χ2v) is 11.7. The van der Waals surface area contributed by atoms with E-state index in [9.17, 15) is 28.8 Å². The molecule has 2 aliphatic heterocycles. The number of thiazole rings is 1. The van der Waals surface area contributed by atoms with Crippen molar-refractivity contribution >= 4 is 69.8 Å². The zero-order valence-electron chi connectivity index (χ0n) is 23.5. The van der Waals surface area contributed by atoms with Gasteiger partial charge < -0.3 is 29.1 Å². The van der Waals surface area contributed by atoms with Gasteiger partial charge >= 0.3 is 24.0 Å². The Morgan fingerprint density at radius 3 is 2.45 bits per heavy atom. The standard InChI is InChI=1S/C24H29N5O11S2/c1-11-7-41-19-15(18(32)29(19)16(11)20(33)38-10-39-21(34)24(3,4)5)26-17(31)14(28-36-6)13-8-42-22(25-13)27-23(35)40-9-37-12(2)30/h8,15,19H,7,9-10H2,1-6H3,(H,26,31)(H,25,27,35)/b28-14-/t15-,19-/m1/s1. The summed E-state index contributed by atoms with van der Waals surface area (Å²) < 4.78 is 19.3. The van der Waals surface area contributed by atoms with E-state index < -0.39 is 66.2 Å². The Hall–Kier alpha value is -4.19. The number of hydrogen-bond acceptors (Lipinski definition) is 15. The van der Waals surface area contributed by atoms with E-state index in [-0.39, 0.29) is 22.2 Å². The van der Waals surface area contributed by atoms with Crippen molar-refractivity contribution in [3.63, 3.8) is 0 Å². The van der Waals surface area contributed by atoms with Gasteiger partial charge in [-0.3, -0.25) is 29.4 Å². The smallest absolute Gasteiger partial charge is 0.416 e. The van der Waals surface area contributed by atoms with E-state index in [1.165, 1.54) is 29.2 Å². The second-order valence-electron chi connectivity index (χ2n) is 9.69. The lowest BCUT2D eigenvalue weighted by Crippen LogP contribution is -2.71. The molecular formula is C24H29N5O11S2. The van der Waals surface area contributed by atoms with Gasteiger partial charge in [-0.1, -0.05) is 5.16 Å². The van der Waals surface area contributed by atoms with Crippen LogP contribution in [-0.4, -0.2) is 89.3 Å². The third kappa shape index (κ3) is 7.75. The van der Waals surface area contributed by atoms with Crippen molar-refractivity contribution in [1.29, 1.82) is 0 Å². The monoisotopic (exact) mass is 627 g/mol. The van der Waals surface area contributed by atoms with Gasteiger partial charge in [-0.25, -0.2) is 14.6 Å². The second kappa shape index (κ2) is 13.6. The number of esters is 3. The van der Waals surface area contributed by atoms with Gasteiger partial charge in [-0.05, 0) is 33.3 Å². The predicted octanol–water partition coefficient (Wildman–Crippen LogP) is 1.33. The van der Waals surface area contributed by atoms with Gasteiger partial charge in [0.1, 0.15) is 29.9 Å². The fourth-order valence-corrected chi connectivity index (χ4v) is 5.39. The number of nitrogens with zero attached hydrogens (tertiary/aromatic N) is 3. The number of ether oxygens (including phenoxy) is 4. The summed E-state index contributed by atoms with van der Waals surface area (Å²) in [6.45, 7) is 6.57. The number of amides is 3. The number of fused-ring (bicyclic) bond motifs is 1. The molecule has 0 aliphatic carbocycles. The van der Waals surface area contributed by atoms with Crippen LogP contribution in [0.2, 0.25) is 0 Å². The quantitative estimate of drug-likeness (QED) is 0.124. The summed E-state index contributed by atoms with van der Waals surface area (Å²) in [5, 5.41) is 9.44. The lowest BCUT2D eigenvalue weighted by Gasteiger charge is -2.49. The third-order valence-corrected chi connectivity index (χ3v) is 7.62. The van der Waals surface area contributed by atoms with E-state index in [0.717, 1.165) is 18.3 Å². The molecule has 2 atom stereocenters. The van der Waals surface area contributed by atoms with Gasteiger partial charge in [0.05, 0.1) is 5.41 Å². The Morgan fingerprint density at radius 2 is 1.81 bits per heavy atom. The molecule has 0 aromatic carbocycles. The molecule has 3 rings (SSSR count). The van der Waals surface area contributed by atoms with Crippen molar-refractivity contribution in [2.75, 3.05) is 31.8 Å². The molecule has 0 radical (unpaired) electrons. The highest BCUT2D eigenvalue weighted by Gasteiger charge is 2.54. The van der Waals surface area contributed by atoms with Crippen LogP contribution in [0.5, 0.6) is 0 Å². The first kappa shape index (κ1) is 32.3. The van der Waals surface area contributed by atoms with E-state index in [4.69, 9.17) is 14.3 Å². The predicted molar refractivity (Wildman–Crippen MR) is 147 cm³/mol. The Bertz CT molecular complexity index is 1330. The normalized spacial score (nSPS) is 18.3. The molecule has 0 saturated carbocycles. The maximum absolute atomic E-state index is 13.1. The molecule has 1 fully saturated rings. The van der Waals surface area contributed by atoms with Crippen LogP contribution in [0.4, 0.5) is 9.93 Å². The number of nitrogens with one attached hydrogen (secondary N) is 2. The largest absolute Gasteiger partial charge is 0.428 e. The van der Waals surface area contributed by atoms with Crippen LogP contribution < -0.4 is 10.6 Å². The lowest BCUT2D eigenvalue weighted by atomic mass is 9.98. The number of oxime groups is 1. The van der Waals surface area contributed by atoms with Crippen LogP contribution in [-0.2, 0) is 47.8 Å².